The topological polar surface area (TPSA) is 66.9 Å². The van der Waals surface area contributed by atoms with Crippen molar-refractivity contribution in [3.05, 3.63) is 82.9 Å². The number of hydrogen-bond donors (Lipinski definition) is 2. The van der Waals surface area contributed by atoms with Gasteiger partial charge in [-0.3, -0.25) is 4.79 Å². The van der Waals surface area contributed by atoms with E-state index in [1.165, 1.54) is 12.1 Å². The van der Waals surface area contributed by atoms with Gasteiger partial charge in [-0.05, 0) is 62.7 Å². The second kappa shape index (κ2) is 7.95. The Morgan fingerprint density at radius 3 is 2.33 bits per heavy atom. The number of hydrogen-bond acceptors (Lipinski definition) is 4. The second-order valence-corrected chi connectivity index (χ2v) is 6.43. The minimum atomic E-state index is -0.301. The Labute approximate surface area is 157 Å². The molecule has 0 fully saturated rings. The molecule has 1 amide bonds. The minimum absolute atomic E-state index is 0.211. The van der Waals surface area contributed by atoms with Crippen molar-refractivity contribution in [1.29, 1.82) is 0 Å². The summed E-state index contributed by atoms with van der Waals surface area (Å²) >= 11 is 0. The van der Waals surface area contributed by atoms with Crippen LogP contribution in [0.2, 0.25) is 0 Å². The van der Waals surface area contributed by atoms with Crippen LogP contribution in [-0.2, 0) is 0 Å². The molecule has 0 aliphatic heterocycles. The molecule has 1 unspecified atom stereocenters. The number of nitrogens with one attached hydrogen (secondary N) is 2. The molecular formula is C21H21FN4O. The van der Waals surface area contributed by atoms with Gasteiger partial charge in [0.05, 0.1) is 6.04 Å². The van der Waals surface area contributed by atoms with E-state index in [4.69, 9.17) is 0 Å². The molecule has 3 aromatic rings. The normalized spacial score (nSPS) is 11.7. The first-order chi connectivity index (χ1) is 12.9. The molecule has 0 saturated heterocycles. The van der Waals surface area contributed by atoms with Crippen LogP contribution < -0.4 is 10.6 Å². The van der Waals surface area contributed by atoms with Gasteiger partial charge in [0.15, 0.2) is 0 Å². The lowest BCUT2D eigenvalue weighted by molar-refractivity contribution is 0.0940. The molecule has 0 saturated carbocycles. The average molecular weight is 364 g/mol. The van der Waals surface area contributed by atoms with E-state index >= 15 is 0 Å². The third kappa shape index (κ3) is 4.88. The van der Waals surface area contributed by atoms with Crippen molar-refractivity contribution < 1.29 is 9.18 Å². The highest BCUT2D eigenvalue weighted by Crippen LogP contribution is 2.18. The van der Waals surface area contributed by atoms with Gasteiger partial charge < -0.3 is 10.6 Å². The molecule has 1 atom stereocenters. The number of aromatic nitrogens is 2. The fraction of sp³-hybridized carbons (Fsp3) is 0.190. The van der Waals surface area contributed by atoms with Crippen molar-refractivity contribution >= 4 is 17.5 Å². The molecular weight excluding hydrogens is 343 g/mol. The largest absolute Gasteiger partial charge is 0.346 e. The molecule has 1 heterocycles. The summed E-state index contributed by atoms with van der Waals surface area (Å²) in [6.07, 6.45) is 0. The maximum Gasteiger partial charge on any atom is 0.251 e. The van der Waals surface area contributed by atoms with Crippen LogP contribution in [0.4, 0.5) is 16.0 Å². The molecule has 2 aromatic carbocycles. The number of carbonyl (C=O) groups excluding carboxylic acids is 1. The summed E-state index contributed by atoms with van der Waals surface area (Å²) in [5.41, 5.74) is 3.81. The van der Waals surface area contributed by atoms with E-state index in [9.17, 15) is 9.18 Å². The van der Waals surface area contributed by atoms with E-state index in [-0.39, 0.29) is 17.8 Å². The van der Waals surface area contributed by atoms with Crippen molar-refractivity contribution in [3.8, 4) is 0 Å². The number of nitrogens with zero attached hydrogens (tertiary/aromatic N) is 2. The average Bonchev–Trinajstić information content (AvgIpc) is 2.61. The summed E-state index contributed by atoms with van der Waals surface area (Å²) in [6.45, 7) is 5.66. The highest BCUT2D eigenvalue weighted by molar-refractivity contribution is 5.95. The molecule has 0 spiro atoms. The third-order valence-electron chi connectivity index (χ3n) is 4.08. The predicted molar refractivity (Wildman–Crippen MR) is 104 cm³/mol. The smallest absolute Gasteiger partial charge is 0.251 e. The monoisotopic (exact) mass is 364 g/mol. The summed E-state index contributed by atoms with van der Waals surface area (Å²) in [5.74, 6) is -0.0220. The molecule has 138 valence electrons. The summed E-state index contributed by atoms with van der Waals surface area (Å²) in [4.78, 5) is 21.3. The standard InChI is InChI=1S/C21H21FN4O/c1-13-11-14(2)24-21(23-13)26-19-6-4-5-17(12-19)20(27)25-15(3)16-7-9-18(22)10-8-16/h4-12,15H,1-3H3,(H,25,27)(H,23,24,26). The quantitative estimate of drug-likeness (QED) is 0.701. The number of halogens is 1. The molecule has 0 radical (unpaired) electrons. The van der Waals surface area contributed by atoms with Crippen LogP contribution in [0.15, 0.2) is 54.6 Å². The predicted octanol–water partition coefficient (Wildman–Crippen LogP) is 4.47. The first-order valence-corrected chi connectivity index (χ1v) is 8.66. The SMILES string of the molecule is Cc1cc(C)nc(Nc2cccc(C(=O)NC(C)c3ccc(F)cc3)c2)n1. The summed E-state index contributed by atoms with van der Waals surface area (Å²) in [5, 5.41) is 6.05. The van der Waals surface area contributed by atoms with Crippen LogP contribution in [-0.4, -0.2) is 15.9 Å². The van der Waals surface area contributed by atoms with E-state index in [2.05, 4.69) is 20.6 Å². The zero-order chi connectivity index (χ0) is 19.4. The molecule has 0 aliphatic rings. The van der Waals surface area contributed by atoms with Gasteiger partial charge in [-0.1, -0.05) is 18.2 Å². The van der Waals surface area contributed by atoms with Gasteiger partial charge in [-0.2, -0.15) is 0 Å². The maximum absolute atomic E-state index is 13.0. The molecule has 27 heavy (non-hydrogen) atoms. The molecule has 2 N–H and O–H groups in total. The number of anilines is 2. The van der Waals surface area contributed by atoms with Crippen molar-refractivity contribution in [1.82, 2.24) is 15.3 Å². The van der Waals surface area contributed by atoms with Crippen LogP contribution in [0.25, 0.3) is 0 Å². The number of aryl methyl sites for hydroxylation is 2. The Morgan fingerprint density at radius 1 is 1.00 bits per heavy atom. The van der Waals surface area contributed by atoms with E-state index in [1.807, 2.05) is 32.9 Å². The van der Waals surface area contributed by atoms with E-state index in [1.54, 1.807) is 30.3 Å². The van der Waals surface area contributed by atoms with Gasteiger partial charge in [0.25, 0.3) is 5.91 Å². The summed E-state index contributed by atoms with van der Waals surface area (Å²) in [6, 6.07) is 14.9. The lowest BCUT2D eigenvalue weighted by atomic mass is 10.1. The zero-order valence-electron chi connectivity index (χ0n) is 15.5. The summed E-state index contributed by atoms with van der Waals surface area (Å²) in [7, 11) is 0. The van der Waals surface area contributed by atoms with Gasteiger partial charge in [0.2, 0.25) is 5.95 Å². The number of carbonyl (C=O) groups is 1. The number of benzene rings is 2. The Morgan fingerprint density at radius 2 is 1.67 bits per heavy atom. The Kier molecular flexibility index (Phi) is 5.45. The lowest BCUT2D eigenvalue weighted by Crippen LogP contribution is -2.26. The fourth-order valence-corrected chi connectivity index (χ4v) is 2.76. The van der Waals surface area contributed by atoms with Crippen molar-refractivity contribution in [2.24, 2.45) is 0 Å². The van der Waals surface area contributed by atoms with Crippen LogP contribution in [0, 0.1) is 19.7 Å². The molecule has 6 heteroatoms. The third-order valence-corrected chi connectivity index (χ3v) is 4.08. The first kappa shape index (κ1) is 18.5. The Hall–Kier alpha value is -3.28. The number of rotatable bonds is 5. The second-order valence-electron chi connectivity index (χ2n) is 6.43. The van der Waals surface area contributed by atoms with Crippen LogP contribution in [0.1, 0.15) is 40.3 Å². The van der Waals surface area contributed by atoms with Crippen LogP contribution in [0.3, 0.4) is 0 Å². The van der Waals surface area contributed by atoms with Gasteiger partial charge in [0, 0.05) is 22.6 Å². The lowest BCUT2D eigenvalue weighted by Gasteiger charge is -2.15. The highest BCUT2D eigenvalue weighted by atomic mass is 19.1. The van der Waals surface area contributed by atoms with Gasteiger partial charge in [-0.25, -0.2) is 14.4 Å². The van der Waals surface area contributed by atoms with Gasteiger partial charge in [0.1, 0.15) is 5.82 Å². The van der Waals surface area contributed by atoms with Crippen molar-refractivity contribution in [2.45, 2.75) is 26.8 Å². The summed E-state index contributed by atoms with van der Waals surface area (Å²) < 4.78 is 13.0. The minimum Gasteiger partial charge on any atom is -0.346 e. The maximum atomic E-state index is 13.0. The molecule has 0 aliphatic carbocycles. The van der Waals surface area contributed by atoms with E-state index in [0.29, 0.717) is 11.5 Å². The van der Waals surface area contributed by atoms with Crippen molar-refractivity contribution in [2.75, 3.05) is 5.32 Å². The van der Waals surface area contributed by atoms with Crippen molar-refractivity contribution in [3.63, 3.8) is 0 Å². The van der Waals surface area contributed by atoms with Crippen LogP contribution >= 0.6 is 0 Å². The van der Waals surface area contributed by atoms with Crippen LogP contribution in [0.5, 0.6) is 0 Å². The fourth-order valence-electron chi connectivity index (χ4n) is 2.76. The van der Waals surface area contributed by atoms with Gasteiger partial charge >= 0.3 is 0 Å². The first-order valence-electron chi connectivity index (χ1n) is 8.66. The molecule has 5 nitrogen and oxygen atoms in total. The van der Waals surface area contributed by atoms with Gasteiger partial charge in [-0.15, -0.1) is 0 Å². The Bertz CT molecular complexity index is 936. The molecule has 0 bridgehead atoms. The Balaban J connectivity index is 1.72. The van der Waals surface area contributed by atoms with E-state index < -0.39 is 0 Å². The number of amides is 1. The molecule has 3 rings (SSSR count). The highest BCUT2D eigenvalue weighted by Gasteiger charge is 2.12. The molecule has 1 aromatic heterocycles. The zero-order valence-corrected chi connectivity index (χ0v) is 15.5. The van der Waals surface area contributed by atoms with E-state index in [0.717, 1.165) is 22.6 Å².